The molecule has 0 amide bonds. The number of Topliss-reactive ketones (excluding diaryl/α,β-unsaturated/α-hetero) is 1. The maximum absolute atomic E-state index is 10.7. The Balaban J connectivity index is 2.49. The molecule has 1 saturated heterocycles. The average Bonchev–Trinajstić information content (AvgIpc) is 2.13. The molecule has 52 valence electrons. The van der Waals surface area contributed by atoms with Crippen LogP contribution in [-0.2, 0) is 9.53 Å². The normalized spacial score (nSPS) is 34.9. The number of hydrogen-bond acceptors (Lipinski definition) is 3. The third kappa shape index (κ3) is 1.28. The van der Waals surface area contributed by atoms with Crippen molar-refractivity contribution in [2.45, 2.75) is 13.0 Å². The van der Waals surface area contributed by atoms with E-state index in [1.165, 1.54) is 0 Å². The molecule has 0 aliphatic carbocycles. The lowest BCUT2D eigenvalue weighted by Crippen LogP contribution is -2.32. The minimum absolute atomic E-state index is 0.0509. The zero-order valence-corrected chi connectivity index (χ0v) is 5.46. The van der Waals surface area contributed by atoms with Gasteiger partial charge in [-0.2, -0.15) is 0 Å². The SMILES string of the molecule is CC(=O)C1COCC1N. The van der Waals surface area contributed by atoms with Crippen molar-refractivity contribution >= 4 is 5.78 Å². The topological polar surface area (TPSA) is 52.3 Å². The van der Waals surface area contributed by atoms with Crippen molar-refractivity contribution in [1.29, 1.82) is 0 Å². The van der Waals surface area contributed by atoms with Gasteiger partial charge in [0.15, 0.2) is 0 Å². The Hall–Kier alpha value is -0.410. The van der Waals surface area contributed by atoms with Gasteiger partial charge in [-0.05, 0) is 6.92 Å². The summed E-state index contributed by atoms with van der Waals surface area (Å²) in [5, 5.41) is 0. The fraction of sp³-hybridized carbons (Fsp3) is 0.833. The summed E-state index contributed by atoms with van der Waals surface area (Å²) >= 11 is 0. The molecule has 0 saturated carbocycles. The predicted octanol–water partition coefficient (Wildman–Crippen LogP) is -0.451. The summed E-state index contributed by atoms with van der Waals surface area (Å²) in [7, 11) is 0. The fourth-order valence-corrected chi connectivity index (χ4v) is 0.990. The van der Waals surface area contributed by atoms with Crippen molar-refractivity contribution in [2.24, 2.45) is 11.7 Å². The molecule has 1 aliphatic heterocycles. The van der Waals surface area contributed by atoms with Gasteiger partial charge in [0.2, 0.25) is 0 Å². The highest BCUT2D eigenvalue weighted by atomic mass is 16.5. The number of hydrogen-bond donors (Lipinski definition) is 1. The Kier molecular flexibility index (Phi) is 1.83. The van der Waals surface area contributed by atoms with Gasteiger partial charge in [0.25, 0.3) is 0 Å². The molecule has 9 heavy (non-hydrogen) atoms. The first-order valence-corrected chi connectivity index (χ1v) is 3.05. The molecule has 2 N–H and O–H groups in total. The summed E-state index contributed by atoms with van der Waals surface area (Å²) < 4.78 is 4.98. The largest absolute Gasteiger partial charge is 0.379 e. The third-order valence-corrected chi connectivity index (χ3v) is 1.65. The van der Waals surface area contributed by atoms with Crippen LogP contribution < -0.4 is 5.73 Å². The first kappa shape index (κ1) is 6.71. The first-order chi connectivity index (χ1) is 4.22. The van der Waals surface area contributed by atoms with Crippen LogP contribution in [0, 0.1) is 5.92 Å². The van der Waals surface area contributed by atoms with Crippen molar-refractivity contribution in [3.8, 4) is 0 Å². The summed E-state index contributed by atoms with van der Waals surface area (Å²) in [4.78, 5) is 10.7. The molecule has 3 nitrogen and oxygen atoms in total. The van der Waals surface area contributed by atoms with Gasteiger partial charge < -0.3 is 10.5 Å². The molecule has 1 fully saturated rings. The van der Waals surface area contributed by atoms with Gasteiger partial charge in [0.1, 0.15) is 5.78 Å². The molecular weight excluding hydrogens is 118 g/mol. The second-order valence-corrected chi connectivity index (χ2v) is 2.42. The molecule has 2 unspecified atom stereocenters. The van der Waals surface area contributed by atoms with Crippen molar-refractivity contribution in [2.75, 3.05) is 13.2 Å². The number of carbonyl (C=O) groups excluding carboxylic acids is 1. The van der Waals surface area contributed by atoms with E-state index in [1.807, 2.05) is 0 Å². The second-order valence-electron chi connectivity index (χ2n) is 2.42. The van der Waals surface area contributed by atoms with Crippen LogP contribution >= 0.6 is 0 Å². The Morgan fingerprint density at radius 3 is 2.56 bits per heavy atom. The van der Waals surface area contributed by atoms with Crippen LogP contribution in [0.1, 0.15) is 6.92 Å². The molecule has 3 heteroatoms. The van der Waals surface area contributed by atoms with Gasteiger partial charge in [-0.3, -0.25) is 4.79 Å². The van der Waals surface area contributed by atoms with Gasteiger partial charge in [0.05, 0.1) is 19.1 Å². The van der Waals surface area contributed by atoms with Crippen molar-refractivity contribution < 1.29 is 9.53 Å². The van der Waals surface area contributed by atoms with Crippen molar-refractivity contribution in [1.82, 2.24) is 0 Å². The molecule has 1 rings (SSSR count). The monoisotopic (exact) mass is 129 g/mol. The second kappa shape index (κ2) is 2.45. The minimum atomic E-state index is -0.0671. The Morgan fingerprint density at radius 1 is 1.67 bits per heavy atom. The van der Waals surface area contributed by atoms with E-state index in [9.17, 15) is 4.79 Å². The molecule has 0 aromatic heterocycles. The predicted molar refractivity (Wildman–Crippen MR) is 33.0 cm³/mol. The quantitative estimate of drug-likeness (QED) is 0.521. The van der Waals surface area contributed by atoms with E-state index < -0.39 is 0 Å². The van der Waals surface area contributed by atoms with Gasteiger partial charge >= 0.3 is 0 Å². The van der Waals surface area contributed by atoms with E-state index in [4.69, 9.17) is 10.5 Å². The van der Waals surface area contributed by atoms with Gasteiger partial charge in [0, 0.05) is 6.04 Å². The Bertz CT molecular complexity index is 124. The summed E-state index contributed by atoms with van der Waals surface area (Å²) in [6.07, 6.45) is 0. The Morgan fingerprint density at radius 2 is 2.33 bits per heavy atom. The Labute approximate surface area is 54.2 Å². The summed E-state index contributed by atoms with van der Waals surface area (Å²) in [5.74, 6) is 0.0880. The third-order valence-electron chi connectivity index (χ3n) is 1.65. The van der Waals surface area contributed by atoms with Crippen LogP contribution in [0.25, 0.3) is 0 Å². The highest BCUT2D eigenvalue weighted by Crippen LogP contribution is 2.11. The fourth-order valence-electron chi connectivity index (χ4n) is 0.990. The van der Waals surface area contributed by atoms with Crippen LogP contribution in [0.15, 0.2) is 0 Å². The lowest BCUT2D eigenvalue weighted by atomic mass is 10.0. The van der Waals surface area contributed by atoms with E-state index in [2.05, 4.69) is 0 Å². The van der Waals surface area contributed by atoms with E-state index in [1.54, 1.807) is 6.92 Å². The van der Waals surface area contributed by atoms with E-state index in [0.29, 0.717) is 13.2 Å². The maximum Gasteiger partial charge on any atom is 0.136 e. The number of ether oxygens (including phenoxy) is 1. The molecule has 0 bridgehead atoms. The standard InChI is InChI=1S/C6H11NO2/c1-4(8)5-2-9-3-6(5)7/h5-6H,2-3,7H2,1H3. The number of nitrogens with two attached hydrogens (primary N) is 1. The molecule has 1 aliphatic rings. The zero-order chi connectivity index (χ0) is 6.85. The van der Waals surface area contributed by atoms with Crippen LogP contribution in [0.3, 0.4) is 0 Å². The zero-order valence-electron chi connectivity index (χ0n) is 5.46. The van der Waals surface area contributed by atoms with E-state index >= 15 is 0 Å². The van der Waals surface area contributed by atoms with Crippen molar-refractivity contribution in [3.05, 3.63) is 0 Å². The highest BCUT2D eigenvalue weighted by Gasteiger charge is 2.28. The molecule has 0 radical (unpaired) electrons. The van der Waals surface area contributed by atoms with Gasteiger partial charge in [-0.25, -0.2) is 0 Å². The average molecular weight is 129 g/mol. The summed E-state index contributed by atoms with van der Waals surface area (Å²) in [5.41, 5.74) is 5.53. The number of rotatable bonds is 1. The number of carbonyl (C=O) groups is 1. The molecule has 1 heterocycles. The highest BCUT2D eigenvalue weighted by molar-refractivity contribution is 5.79. The summed E-state index contributed by atoms with van der Waals surface area (Å²) in [6.45, 7) is 2.60. The van der Waals surface area contributed by atoms with Gasteiger partial charge in [-0.15, -0.1) is 0 Å². The van der Waals surface area contributed by atoms with Crippen LogP contribution in [0.5, 0.6) is 0 Å². The molecular formula is C6H11NO2. The minimum Gasteiger partial charge on any atom is -0.379 e. The molecule has 0 aromatic rings. The first-order valence-electron chi connectivity index (χ1n) is 3.05. The van der Waals surface area contributed by atoms with Gasteiger partial charge in [-0.1, -0.05) is 0 Å². The van der Waals surface area contributed by atoms with Crippen LogP contribution in [-0.4, -0.2) is 25.0 Å². The van der Waals surface area contributed by atoms with E-state index in [0.717, 1.165) is 0 Å². The lowest BCUT2D eigenvalue weighted by molar-refractivity contribution is -0.120. The lowest BCUT2D eigenvalue weighted by Gasteiger charge is -2.06. The van der Waals surface area contributed by atoms with Crippen LogP contribution in [0.4, 0.5) is 0 Å². The van der Waals surface area contributed by atoms with Crippen molar-refractivity contribution in [3.63, 3.8) is 0 Å². The maximum atomic E-state index is 10.7. The molecule has 2 atom stereocenters. The molecule has 0 spiro atoms. The summed E-state index contributed by atoms with van der Waals surface area (Å²) in [6, 6.07) is -0.0671. The molecule has 0 aromatic carbocycles. The van der Waals surface area contributed by atoms with E-state index in [-0.39, 0.29) is 17.7 Å². The smallest absolute Gasteiger partial charge is 0.136 e. The van der Waals surface area contributed by atoms with Crippen LogP contribution in [0.2, 0.25) is 0 Å². The number of ketones is 1.